The van der Waals surface area contributed by atoms with E-state index in [0.29, 0.717) is 12.4 Å². The Kier molecular flexibility index (Phi) is 3.43. The van der Waals surface area contributed by atoms with Crippen LogP contribution in [0.15, 0.2) is 30.5 Å². The molecule has 0 unspecified atom stereocenters. The van der Waals surface area contributed by atoms with Crippen LogP contribution in [-0.2, 0) is 6.54 Å². The molecule has 0 fully saturated rings. The van der Waals surface area contributed by atoms with Crippen molar-refractivity contribution >= 4 is 10.9 Å². The van der Waals surface area contributed by atoms with E-state index in [0.717, 1.165) is 27.9 Å². The Bertz CT molecular complexity index is 765. The van der Waals surface area contributed by atoms with Crippen LogP contribution in [0.5, 0.6) is 11.6 Å². The van der Waals surface area contributed by atoms with Crippen molar-refractivity contribution in [3.8, 4) is 11.6 Å². The zero-order valence-corrected chi connectivity index (χ0v) is 12.2. The average Bonchev–Trinajstić information content (AvgIpc) is 2.93. The number of aromatic nitrogens is 4. The Hall–Kier alpha value is -2.63. The Labute approximate surface area is 122 Å². The summed E-state index contributed by atoms with van der Waals surface area (Å²) in [6.45, 7) is 2.57. The molecule has 0 aliphatic heterocycles. The standard InChI is InChI=1S/C15H16N4O2/c1-10-14-13(15(21-3)18-17-10)8-16-19(14)9-11-4-6-12(20-2)7-5-11/h4-8H,9H2,1-3H3. The molecule has 2 aromatic heterocycles. The Morgan fingerprint density at radius 3 is 2.48 bits per heavy atom. The van der Waals surface area contributed by atoms with E-state index >= 15 is 0 Å². The van der Waals surface area contributed by atoms with Gasteiger partial charge in [0.15, 0.2) is 0 Å². The van der Waals surface area contributed by atoms with Crippen LogP contribution in [0.4, 0.5) is 0 Å². The lowest BCUT2D eigenvalue weighted by Crippen LogP contribution is -2.04. The molecule has 6 heteroatoms. The van der Waals surface area contributed by atoms with Gasteiger partial charge in [-0.15, -0.1) is 10.2 Å². The highest BCUT2D eigenvalue weighted by Crippen LogP contribution is 2.24. The molecule has 3 rings (SSSR count). The highest BCUT2D eigenvalue weighted by Gasteiger charge is 2.13. The fourth-order valence-corrected chi connectivity index (χ4v) is 2.32. The predicted molar refractivity (Wildman–Crippen MR) is 78.7 cm³/mol. The zero-order valence-electron chi connectivity index (χ0n) is 12.2. The van der Waals surface area contributed by atoms with Crippen molar-refractivity contribution in [2.24, 2.45) is 0 Å². The number of rotatable bonds is 4. The molecule has 0 radical (unpaired) electrons. The van der Waals surface area contributed by atoms with Crippen molar-refractivity contribution in [1.82, 2.24) is 20.0 Å². The van der Waals surface area contributed by atoms with Gasteiger partial charge in [-0.3, -0.25) is 4.68 Å². The van der Waals surface area contributed by atoms with E-state index in [2.05, 4.69) is 15.3 Å². The quantitative estimate of drug-likeness (QED) is 0.735. The van der Waals surface area contributed by atoms with Gasteiger partial charge in [0.2, 0.25) is 5.88 Å². The van der Waals surface area contributed by atoms with E-state index in [4.69, 9.17) is 9.47 Å². The summed E-state index contributed by atoms with van der Waals surface area (Å²) in [6, 6.07) is 7.92. The molecule has 0 saturated carbocycles. The van der Waals surface area contributed by atoms with Gasteiger partial charge in [-0.05, 0) is 24.6 Å². The summed E-state index contributed by atoms with van der Waals surface area (Å²) in [5.74, 6) is 1.34. The first-order valence-electron chi connectivity index (χ1n) is 6.58. The first-order chi connectivity index (χ1) is 10.2. The molecule has 0 amide bonds. The maximum atomic E-state index is 5.23. The van der Waals surface area contributed by atoms with E-state index in [1.165, 1.54) is 0 Å². The van der Waals surface area contributed by atoms with Gasteiger partial charge in [-0.1, -0.05) is 12.1 Å². The SMILES string of the molecule is COc1ccc(Cn2ncc3c(OC)nnc(C)c32)cc1. The van der Waals surface area contributed by atoms with Crippen LogP contribution in [-0.4, -0.2) is 34.2 Å². The Morgan fingerprint density at radius 1 is 1.05 bits per heavy atom. The minimum Gasteiger partial charge on any atom is -0.497 e. The van der Waals surface area contributed by atoms with Gasteiger partial charge in [-0.25, -0.2) is 0 Å². The lowest BCUT2D eigenvalue weighted by molar-refractivity contribution is 0.397. The second-order valence-corrected chi connectivity index (χ2v) is 4.71. The second-order valence-electron chi connectivity index (χ2n) is 4.71. The first kappa shape index (κ1) is 13.4. The fourth-order valence-electron chi connectivity index (χ4n) is 2.32. The third-order valence-corrected chi connectivity index (χ3v) is 3.39. The molecule has 0 bridgehead atoms. The van der Waals surface area contributed by atoms with Crippen LogP contribution in [0.3, 0.4) is 0 Å². The summed E-state index contributed by atoms with van der Waals surface area (Å²) in [7, 11) is 3.24. The summed E-state index contributed by atoms with van der Waals surface area (Å²) in [5, 5.41) is 13.5. The van der Waals surface area contributed by atoms with Gasteiger partial charge < -0.3 is 9.47 Å². The number of ether oxygens (including phenoxy) is 2. The van der Waals surface area contributed by atoms with E-state index in [1.807, 2.05) is 35.9 Å². The molecule has 108 valence electrons. The van der Waals surface area contributed by atoms with Crippen LogP contribution in [0.1, 0.15) is 11.3 Å². The van der Waals surface area contributed by atoms with Gasteiger partial charge in [-0.2, -0.15) is 5.10 Å². The molecule has 3 aromatic rings. The topological polar surface area (TPSA) is 62.1 Å². The van der Waals surface area contributed by atoms with Gasteiger partial charge in [0.05, 0.1) is 43.6 Å². The summed E-state index contributed by atoms with van der Waals surface area (Å²) < 4.78 is 12.3. The molecule has 0 N–H and O–H groups in total. The average molecular weight is 284 g/mol. The van der Waals surface area contributed by atoms with E-state index < -0.39 is 0 Å². The Balaban J connectivity index is 2.00. The number of hydrogen-bond acceptors (Lipinski definition) is 5. The van der Waals surface area contributed by atoms with E-state index in [1.54, 1.807) is 20.4 Å². The van der Waals surface area contributed by atoms with Gasteiger partial charge >= 0.3 is 0 Å². The highest BCUT2D eigenvalue weighted by molar-refractivity contribution is 5.84. The minimum absolute atomic E-state index is 0.497. The molecule has 0 aliphatic rings. The van der Waals surface area contributed by atoms with Crippen LogP contribution in [0, 0.1) is 6.92 Å². The molecule has 1 aromatic carbocycles. The second kappa shape index (κ2) is 5.40. The lowest BCUT2D eigenvalue weighted by Gasteiger charge is -2.07. The monoisotopic (exact) mass is 284 g/mol. The first-order valence-corrected chi connectivity index (χ1v) is 6.58. The largest absolute Gasteiger partial charge is 0.497 e. The zero-order chi connectivity index (χ0) is 14.8. The number of hydrogen-bond donors (Lipinski definition) is 0. The van der Waals surface area contributed by atoms with Crippen molar-refractivity contribution in [2.45, 2.75) is 13.5 Å². The molecular weight excluding hydrogens is 268 g/mol. The fraction of sp³-hybridized carbons (Fsp3) is 0.267. The van der Waals surface area contributed by atoms with Crippen molar-refractivity contribution in [2.75, 3.05) is 14.2 Å². The Morgan fingerprint density at radius 2 is 1.81 bits per heavy atom. The number of methoxy groups -OCH3 is 2. The maximum Gasteiger partial charge on any atom is 0.244 e. The van der Waals surface area contributed by atoms with E-state index in [-0.39, 0.29) is 0 Å². The highest BCUT2D eigenvalue weighted by atomic mass is 16.5. The predicted octanol–water partition coefficient (Wildman–Crippen LogP) is 2.20. The van der Waals surface area contributed by atoms with Crippen LogP contribution in [0.25, 0.3) is 10.9 Å². The molecule has 0 aliphatic carbocycles. The summed E-state index contributed by atoms with van der Waals surface area (Å²) >= 11 is 0. The molecule has 0 saturated heterocycles. The molecule has 0 spiro atoms. The van der Waals surface area contributed by atoms with Crippen molar-refractivity contribution in [3.63, 3.8) is 0 Å². The third-order valence-electron chi connectivity index (χ3n) is 3.39. The summed E-state index contributed by atoms with van der Waals surface area (Å²) in [4.78, 5) is 0. The lowest BCUT2D eigenvalue weighted by atomic mass is 10.2. The van der Waals surface area contributed by atoms with Crippen LogP contribution < -0.4 is 9.47 Å². The van der Waals surface area contributed by atoms with Gasteiger partial charge in [0.1, 0.15) is 5.75 Å². The molecular formula is C15H16N4O2. The smallest absolute Gasteiger partial charge is 0.244 e. The van der Waals surface area contributed by atoms with Crippen LogP contribution in [0.2, 0.25) is 0 Å². The summed E-state index contributed by atoms with van der Waals surface area (Å²) in [5.41, 5.74) is 2.91. The number of aryl methyl sites for hydroxylation is 1. The third kappa shape index (κ3) is 2.40. The summed E-state index contributed by atoms with van der Waals surface area (Å²) in [6.07, 6.45) is 1.76. The normalized spacial score (nSPS) is 10.8. The van der Waals surface area contributed by atoms with Gasteiger partial charge in [0, 0.05) is 0 Å². The van der Waals surface area contributed by atoms with Crippen LogP contribution >= 0.6 is 0 Å². The van der Waals surface area contributed by atoms with Crippen molar-refractivity contribution in [1.29, 1.82) is 0 Å². The van der Waals surface area contributed by atoms with Crippen molar-refractivity contribution in [3.05, 3.63) is 41.7 Å². The molecule has 21 heavy (non-hydrogen) atoms. The molecule has 0 atom stereocenters. The number of benzene rings is 1. The molecule has 2 heterocycles. The minimum atomic E-state index is 0.497. The maximum absolute atomic E-state index is 5.23. The van der Waals surface area contributed by atoms with Gasteiger partial charge in [0.25, 0.3) is 0 Å². The number of nitrogens with zero attached hydrogens (tertiary/aromatic N) is 4. The van der Waals surface area contributed by atoms with Crippen molar-refractivity contribution < 1.29 is 9.47 Å². The molecule has 6 nitrogen and oxygen atoms in total. The number of fused-ring (bicyclic) bond motifs is 1. The van der Waals surface area contributed by atoms with E-state index in [9.17, 15) is 0 Å².